The number of hydrogen-bond acceptors (Lipinski definition) is 2. The van der Waals surface area contributed by atoms with Gasteiger partial charge < -0.3 is 4.74 Å². The van der Waals surface area contributed by atoms with Gasteiger partial charge in [0.15, 0.2) is 5.60 Å². The Morgan fingerprint density at radius 1 is 0.812 bits per heavy atom. The zero-order chi connectivity index (χ0) is 11.7. The van der Waals surface area contributed by atoms with Crippen LogP contribution >= 0.6 is 0 Å². The van der Waals surface area contributed by atoms with Crippen molar-refractivity contribution in [3.05, 3.63) is 0 Å². The third-order valence-electron chi connectivity index (χ3n) is 3.76. The Morgan fingerprint density at radius 3 is 1.50 bits per heavy atom. The fourth-order valence-electron chi connectivity index (χ4n) is 2.55. The number of ether oxygens (including phenoxy) is 1. The first-order valence-electron chi connectivity index (χ1n) is 6.79. The SMILES string of the molecule is COC1(C#N)CCCCCCCCCCC1. The van der Waals surface area contributed by atoms with Crippen molar-refractivity contribution in [2.75, 3.05) is 7.11 Å². The van der Waals surface area contributed by atoms with Crippen LogP contribution in [0.3, 0.4) is 0 Å². The molecule has 1 rings (SSSR count). The van der Waals surface area contributed by atoms with Gasteiger partial charge in [0.1, 0.15) is 0 Å². The summed E-state index contributed by atoms with van der Waals surface area (Å²) >= 11 is 0. The van der Waals surface area contributed by atoms with Gasteiger partial charge in [-0.15, -0.1) is 0 Å². The van der Waals surface area contributed by atoms with Crippen molar-refractivity contribution in [3.8, 4) is 6.07 Å². The van der Waals surface area contributed by atoms with Gasteiger partial charge in [-0.25, -0.2) is 0 Å². The van der Waals surface area contributed by atoms with E-state index in [1.54, 1.807) is 7.11 Å². The van der Waals surface area contributed by atoms with E-state index < -0.39 is 5.60 Å². The maximum atomic E-state index is 9.27. The molecule has 1 fully saturated rings. The summed E-state index contributed by atoms with van der Waals surface area (Å²) in [5.41, 5.74) is -0.487. The van der Waals surface area contributed by atoms with Gasteiger partial charge in [0.25, 0.3) is 0 Å². The van der Waals surface area contributed by atoms with Crippen LogP contribution in [0.25, 0.3) is 0 Å². The van der Waals surface area contributed by atoms with E-state index in [0.29, 0.717) is 0 Å². The molecule has 16 heavy (non-hydrogen) atoms. The molecule has 1 aliphatic carbocycles. The van der Waals surface area contributed by atoms with Gasteiger partial charge in [-0.3, -0.25) is 0 Å². The quantitative estimate of drug-likeness (QED) is 0.667. The fourth-order valence-corrected chi connectivity index (χ4v) is 2.55. The van der Waals surface area contributed by atoms with E-state index in [4.69, 9.17) is 4.74 Å². The maximum absolute atomic E-state index is 9.27. The summed E-state index contributed by atoms with van der Waals surface area (Å²) < 4.78 is 5.47. The summed E-state index contributed by atoms with van der Waals surface area (Å²) in [5, 5.41) is 9.27. The molecule has 0 unspecified atom stereocenters. The second-order valence-corrected chi connectivity index (χ2v) is 4.99. The summed E-state index contributed by atoms with van der Waals surface area (Å²) in [5.74, 6) is 0. The third kappa shape index (κ3) is 4.53. The fraction of sp³-hybridized carbons (Fsp3) is 0.929. The molecular weight excluding hydrogens is 198 g/mol. The molecule has 0 aromatic carbocycles. The van der Waals surface area contributed by atoms with Crippen LogP contribution in [0, 0.1) is 11.3 Å². The Hall–Kier alpha value is -0.550. The lowest BCUT2D eigenvalue weighted by Crippen LogP contribution is -2.29. The average Bonchev–Trinajstić information content (AvgIpc) is 2.31. The van der Waals surface area contributed by atoms with Gasteiger partial charge in [0, 0.05) is 7.11 Å². The van der Waals surface area contributed by atoms with Crippen molar-refractivity contribution in [1.29, 1.82) is 5.26 Å². The van der Waals surface area contributed by atoms with Crippen LogP contribution in [0.2, 0.25) is 0 Å². The highest BCUT2D eigenvalue weighted by molar-refractivity contribution is 5.01. The summed E-state index contributed by atoms with van der Waals surface area (Å²) in [6.45, 7) is 0. The van der Waals surface area contributed by atoms with Crippen LogP contribution in [0.1, 0.15) is 70.6 Å². The first kappa shape index (κ1) is 13.5. The Kier molecular flexibility index (Phi) is 6.49. The molecule has 0 bridgehead atoms. The van der Waals surface area contributed by atoms with E-state index in [0.717, 1.165) is 25.7 Å². The lowest BCUT2D eigenvalue weighted by molar-refractivity contribution is 0.0200. The molecule has 0 amide bonds. The van der Waals surface area contributed by atoms with Crippen molar-refractivity contribution in [2.45, 2.75) is 76.2 Å². The first-order valence-corrected chi connectivity index (χ1v) is 6.79. The lowest BCUT2D eigenvalue weighted by atomic mass is 9.90. The van der Waals surface area contributed by atoms with Crippen molar-refractivity contribution in [3.63, 3.8) is 0 Å². The molecule has 2 heteroatoms. The van der Waals surface area contributed by atoms with Crippen LogP contribution in [0.4, 0.5) is 0 Å². The van der Waals surface area contributed by atoms with Gasteiger partial charge in [0.05, 0.1) is 6.07 Å². The molecule has 0 radical (unpaired) electrons. The normalized spacial score (nSPS) is 23.8. The smallest absolute Gasteiger partial charge is 0.153 e. The van der Waals surface area contributed by atoms with E-state index in [1.165, 1.54) is 44.9 Å². The number of nitrogens with zero attached hydrogens (tertiary/aromatic N) is 1. The zero-order valence-electron chi connectivity index (χ0n) is 10.6. The number of rotatable bonds is 1. The predicted octanol–water partition coefficient (Wildman–Crippen LogP) is 4.20. The highest BCUT2D eigenvalue weighted by atomic mass is 16.5. The molecule has 0 aromatic rings. The zero-order valence-corrected chi connectivity index (χ0v) is 10.6. The molecule has 2 nitrogen and oxygen atoms in total. The van der Waals surface area contributed by atoms with Crippen LogP contribution in [-0.4, -0.2) is 12.7 Å². The summed E-state index contributed by atoms with van der Waals surface area (Å²) in [6.07, 6.45) is 13.4. The van der Waals surface area contributed by atoms with Crippen molar-refractivity contribution in [2.24, 2.45) is 0 Å². The van der Waals surface area contributed by atoms with Gasteiger partial charge in [-0.05, 0) is 25.7 Å². The second kappa shape index (κ2) is 7.68. The van der Waals surface area contributed by atoms with Gasteiger partial charge in [-0.1, -0.05) is 44.9 Å². The summed E-state index contributed by atoms with van der Waals surface area (Å²) in [7, 11) is 1.69. The van der Waals surface area contributed by atoms with Crippen LogP contribution in [-0.2, 0) is 4.74 Å². The number of methoxy groups -OCH3 is 1. The van der Waals surface area contributed by atoms with E-state index >= 15 is 0 Å². The molecule has 0 N–H and O–H groups in total. The van der Waals surface area contributed by atoms with Gasteiger partial charge in [-0.2, -0.15) is 5.26 Å². The standard InChI is InChI=1S/C14H25NO/c1-16-14(13-15)11-9-7-5-3-2-4-6-8-10-12-14/h2-12H2,1H3. The van der Waals surface area contributed by atoms with Gasteiger partial charge >= 0.3 is 0 Å². The monoisotopic (exact) mass is 223 g/mol. The molecule has 0 aromatic heterocycles. The van der Waals surface area contributed by atoms with Crippen molar-refractivity contribution >= 4 is 0 Å². The average molecular weight is 223 g/mol. The predicted molar refractivity (Wildman–Crippen MR) is 66.1 cm³/mol. The Labute approximate surface area is 100.0 Å². The molecule has 0 heterocycles. The number of hydrogen-bond donors (Lipinski definition) is 0. The highest BCUT2D eigenvalue weighted by Gasteiger charge is 2.28. The number of nitriles is 1. The molecule has 0 saturated heterocycles. The summed E-state index contributed by atoms with van der Waals surface area (Å²) in [4.78, 5) is 0. The minimum absolute atomic E-state index is 0.487. The highest BCUT2D eigenvalue weighted by Crippen LogP contribution is 2.26. The molecule has 1 aliphatic rings. The van der Waals surface area contributed by atoms with Gasteiger partial charge in [0.2, 0.25) is 0 Å². The van der Waals surface area contributed by atoms with E-state index in [1.807, 2.05) is 0 Å². The maximum Gasteiger partial charge on any atom is 0.153 e. The lowest BCUT2D eigenvalue weighted by Gasteiger charge is -2.25. The Balaban J connectivity index is 2.45. The minimum Gasteiger partial charge on any atom is -0.363 e. The second-order valence-electron chi connectivity index (χ2n) is 4.99. The van der Waals surface area contributed by atoms with E-state index in [9.17, 15) is 5.26 Å². The molecule has 0 atom stereocenters. The Morgan fingerprint density at radius 2 is 1.19 bits per heavy atom. The first-order chi connectivity index (χ1) is 7.83. The van der Waals surface area contributed by atoms with Crippen molar-refractivity contribution in [1.82, 2.24) is 0 Å². The van der Waals surface area contributed by atoms with E-state index in [2.05, 4.69) is 6.07 Å². The molecule has 92 valence electrons. The largest absolute Gasteiger partial charge is 0.363 e. The third-order valence-corrected chi connectivity index (χ3v) is 3.76. The molecule has 0 aliphatic heterocycles. The van der Waals surface area contributed by atoms with Crippen LogP contribution < -0.4 is 0 Å². The van der Waals surface area contributed by atoms with Crippen LogP contribution in [0.5, 0.6) is 0 Å². The minimum atomic E-state index is -0.487. The Bertz CT molecular complexity index is 207. The van der Waals surface area contributed by atoms with E-state index in [-0.39, 0.29) is 0 Å². The van der Waals surface area contributed by atoms with Crippen LogP contribution in [0.15, 0.2) is 0 Å². The topological polar surface area (TPSA) is 33.0 Å². The molecule has 0 spiro atoms. The van der Waals surface area contributed by atoms with Crippen molar-refractivity contribution < 1.29 is 4.74 Å². The molecule has 1 saturated carbocycles. The summed E-state index contributed by atoms with van der Waals surface area (Å²) in [6, 6.07) is 2.40. The molecular formula is C14H25NO.